The Balaban J connectivity index is 2.21. The summed E-state index contributed by atoms with van der Waals surface area (Å²) in [6.45, 7) is 4.18. The molecule has 0 radical (unpaired) electrons. The van der Waals surface area contributed by atoms with Crippen LogP contribution in [0.2, 0.25) is 5.02 Å². The third-order valence-electron chi connectivity index (χ3n) is 3.35. The third-order valence-corrected chi connectivity index (χ3v) is 4.29. The van der Waals surface area contributed by atoms with Gasteiger partial charge in [-0.3, -0.25) is 9.52 Å². The molecule has 128 valence electrons. The molecule has 0 aromatic heterocycles. The molecule has 1 amide bonds. The molecule has 2 N–H and O–H groups in total. The maximum atomic E-state index is 12.4. The SMILES string of the molecule is CC(C)c1ccc(NC(=O)c2cc(NS(C)(=O)=O)ccc2Cl)cc1. The lowest BCUT2D eigenvalue weighted by Crippen LogP contribution is -2.14. The number of benzene rings is 2. The van der Waals surface area contributed by atoms with Crippen molar-refractivity contribution >= 4 is 38.9 Å². The summed E-state index contributed by atoms with van der Waals surface area (Å²) in [7, 11) is -3.43. The first kappa shape index (κ1) is 18.3. The number of halogens is 1. The summed E-state index contributed by atoms with van der Waals surface area (Å²) < 4.78 is 24.9. The Morgan fingerprint density at radius 3 is 2.17 bits per heavy atom. The molecule has 0 heterocycles. The molecule has 0 aliphatic heterocycles. The van der Waals surface area contributed by atoms with E-state index >= 15 is 0 Å². The van der Waals surface area contributed by atoms with Gasteiger partial charge >= 0.3 is 0 Å². The van der Waals surface area contributed by atoms with Gasteiger partial charge in [0.05, 0.1) is 16.8 Å². The lowest BCUT2D eigenvalue weighted by molar-refractivity contribution is 0.102. The second kappa shape index (κ2) is 7.23. The van der Waals surface area contributed by atoms with Gasteiger partial charge in [0.1, 0.15) is 0 Å². The summed E-state index contributed by atoms with van der Waals surface area (Å²) in [5.74, 6) is -0.00241. The number of hydrogen-bond acceptors (Lipinski definition) is 3. The first-order valence-corrected chi connectivity index (χ1v) is 9.61. The van der Waals surface area contributed by atoms with Crippen molar-refractivity contribution in [3.63, 3.8) is 0 Å². The maximum absolute atomic E-state index is 12.4. The number of hydrogen-bond donors (Lipinski definition) is 2. The van der Waals surface area contributed by atoms with Gasteiger partial charge in [-0.05, 0) is 41.8 Å². The highest BCUT2D eigenvalue weighted by Gasteiger charge is 2.13. The highest BCUT2D eigenvalue weighted by atomic mass is 35.5. The first-order chi connectivity index (χ1) is 11.2. The van der Waals surface area contributed by atoms with Gasteiger partial charge in [-0.1, -0.05) is 37.6 Å². The van der Waals surface area contributed by atoms with Crippen molar-refractivity contribution in [3.8, 4) is 0 Å². The highest BCUT2D eigenvalue weighted by Crippen LogP contribution is 2.23. The minimum absolute atomic E-state index is 0.193. The molecule has 0 spiro atoms. The van der Waals surface area contributed by atoms with Crippen LogP contribution in [0.4, 0.5) is 11.4 Å². The van der Waals surface area contributed by atoms with Crippen LogP contribution in [0.5, 0.6) is 0 Å². The molecule has 7 heteroatoms. The van der Waals surface area contributed by atoms with E-state index in [-0.39, 0.29) is 16.3 Å². The van der Waals surface area contributed by atoms with Crippen molar-refractivity contribution in [2.45, 2.75) is 19.8 Å². The maximum Gasteiger partial charge on any atom is 0.257 e. The zero-order valence-corrected chi connectivity index (χ0v) is 15.2. The van der Waals surface area contributed by atoms with Crippen molar-refractivity contribution in [2.24, 2.45) is 0 Å². The molecule has 0 saturated carbocycles. The molecule has 0 atom stereocenters. The van der Waals surface area contributed by atoms with Crippen LogP contribution < -0.4 is 10.0 Å². The smallest absolute Gasteiger partial charge is 0.257 e. The Labute approximate surface area is 147 Å². The van der Waals surface area contributed by atoms with Gasteiger partial charge in [0.25, 0.3) is 5.91 Å². The summed E-state index contributed by atoms with van der Waals surface area (Å²) >= 11 is 6.06. The normalized spacial score (nSPS) is 11.4. The Morgan fingerprint density at radius 1 is 1.04 bits per heavy atom. The largest absolute Gasteiger partial charge is 0.322 e. The van der Waals surface area contributed by atoms with Crippen molar-refractivity contribution < 1.29 is 13.2 Å². The van der Waals surface area contributed by atoms with Crippen LogP contribution in [0.25, 0.3) is 0 Å². The molecule has 0 aliphatic rings. The van der Waals surface area contributed by atoms with Gasteiger partial charge < -0.3 is 5.32 Å². The van der Waals surface area contributed by atoms with Crippen molar-refractivity contribution in [3.05, 3.63) is 58.6 Å². The second-order valence-electron chi connectivity index (χ2n) is 5.80. The number of carbonyl (C=O) groups is 1. The Kier molecular flexibility index (Phi) is 5.51. The van der Waals surface area contributed by atoms with Crippen molar-refractivity contribution in [1.29, 1.82) is 0 Å². The monoisotopic (exact) mass is 366 g/mol. The van der Waals surface area contributed by atoms with E-state index in [9.17, 15) is 13.2 Å². The van der Waals surface area contributed by atoms with Gasteiger partial charge in [-0.15, -0.1) is 0 Å². The molecule has 5 nitrogen and oxygen atoms in total. The molecular weight excluding hydrogens is 348 g/mol. The molecule has 0 fully saturated rings. The van der Waals surface area contributed by atoms with Crippen LogP contribution >= 0.6 is 11.6 Å². The fourth-order valence-corrected chi connectivity index (χ4v) is 2.89. The van der Waals surface area contributed by atoms with Crippen LogP contribution in [-0.4, -0.2) is 20.6 Å². The van der Waals surface area contributed by atoms with E-state index in [1.165, 1.54) is 23.8 Å². The molecule has 0 bridgehead atoms. The predicted molar refractivity (Wildman–Crippen MR) is 98.4 cm³/mol. The van der Waals surface area contributed by atoms with Crippen molar-refractivity contribution in [2.75, 3.05) is 16.3 Å². The molecule has 2 aromatic carbocycles. The van der Waals surface area contributed by atoms with Crippen LogP contribution in [-0.2, 0) is 10.0 Å². The standard InChI is InChI=1S/C17H19ClN2O3S/c1-11(2)12-4-6-13(7-5-12)19-17(21)15-10-14(8-9-16(15)18)20-24(3,22)23/h4-11,20H,1-3H3,(H,19,21). The number of carbonyl (C=O) groups excluding carboxylic acids is 1. The van der Waals surface area contributed by atoms with E-state index in [1.807, 2.05) is 24.3 Å². The highest BCUT2D eigenvalue weighted by molar-refractivity contribution is 7.92. The van der Waals surface area contributed by atoms with Gasteiger partial charge in [-0.25, -0.2) is 8.42 Å². The molecule has 0 saturated heterocycles. The number of sulfonamides is 1. The summed E-state index contributed by atoms with van der Waals surface area (Å²) in [6, 6.07) is 11.9. The Bertz CT molecular complexity index is 847. The zero-order valence-electron chi connectivity index (χ0n) is 13.6. The van der Waals surface area contributed by atoms with Gasteiger partial charge in [0.15, 0.2) is 0 Å². The van der Waals surface area contributed by atoms with Gasteiger partial charge in [-0.2, -0.15) is 0 Å². The van der Waals surface area contributed by atoms with E-state index < -0.39 is 15.9 Å². The molecule has 0 aliphatic carbocycles. The average Bonchev–Trinajstić information content (AvgIpc) is 2.48. The predicted octanol–water partition coefficient (Wildman–Crippen LogP) is 4.09. The van der Waals surface area contributed by atoms with Crippen LogP contribution in [0.3, 0.4) is 0 Å². The quantitative estimate of drug-likeness (QED) is 0.836. The molecule has 0 unspecified atom stereocenters. The van der Waals surface area contributed by atoms with Crippen LogP contribution in [0.1, 0.15) is 35.7 Å². The summed E-state index contributed by atoms with van der Waals surface area (Å²) in [6.07, 6.45) is 1.04. The summed E-state index contributed by atoms with van der Waals surface area (Å²) in [4.78, 5) is 12.4. The molecular formula is C17H19ClN2O3S. The summed E-state index contributed by atoms with van der Waals surface area (Å²) in [5, 5.41) is 3.00. The number of amides is 1. The number of anilines is 2. The van der Waals surface area contributed by atoms with Gasteiger partial charge in [0.2, 0.25) is 10.0 Å². The number of nitrogens with one attached hydrogen (secondary N) is 2. The van der Waals surface area contributed by atoms with Gasteiger partial charge in [0, 0.05) is 11.4 Å². The Morgan fingerprint density at radius 2 is 1.62 bits per heavy atom. The third kappa shape index (κ3) is 4.97. The van der Waals surface area contributed by atoms with E-state index in [0.717, 1.165) is 6.26 Å². The fourth-order valence-electron chi connectivity index (χ4n) is 2.13. The lowest BCUT2D eigenvalue weighted by atomic mass is 10.0. The second-order valence-corrected chi connectivity index (χ2v) is 7.96. The van der Waals surface area contributed by atoms with E-state index in [4.69, 9.17) is 11.6 Å². The molecule has 2 rings (SSSR count). The van der Waals surface area contributed by atoms with E-state index in [0.29, 0.717) is 11.6 Å². The Hall–Kier alpha value is -2.05. The van der Waals surface area contributed by atoms with Crippen LogP contribution in [0, 0.1) is 0 Å². The average molecular weight is 367 g/mol. The minimum Gasteiger partial charge on any atom is -0.322 e. The molecule has 24 heavy (non-hydrogen) atoms. The minimum atomic E-state index is -3.43. The topological polar surface area (TPSA) is 75.3 Å². The number of rotatable bonds is 5. The fraction of sp³-hybridized carbons (Fsp3) is 0.235. The van der Waals surface area contributed by atoms with E-state index in [1.54, 1.807) is 0 Å². The first-order valence-electron chi connectivity index (χ1n) is 7.34. The molecule has 2 aromatic rings. The van der Waals surface area contributed by atoms with Crippen molar-refractivity contribution in [1.82, 2.24) is 0 Å². The lowest BCUT2D eigenvalue weighted by Gasteiger charge is -2.11. The van der Waals surface area contributed by atoms with Crippen LogP contribution in [0.15, 0.2) is 42.5 Å². The summed E-state index contributed by atoms with van der Waals surface area (Å²) in [5.41, 5.74) is 2.28. The van der Waals surface area contributed by atoms with E-state index in [2.05, 4.69) is 23.9 Å². The zero-order chi connectivity index (χ0) is 17.9.